The Labute approximate surface area is 175 Å². The third kappa shape index (κ3) is 6.07. The van der Waals surface area contributed by atoms with E-state index >= 15 is 0 Å². The van der Waals surface area contributed by atoms with Gasteiger partial charge in [0.1, 0.15) is 0 Å². The highest BCUT2D eigenvalue weighted by molar-refractivity contribution is 8.01. The van der Waals surface area contributed by atoms with Crippen LogP contribution in [0.3, 0.4) is 0 Å². The van der Waals surface area contributed by atoms with Crippen LogP contribution in [-0.2, 0) is 9.59 Å². The Hall–Kier alpha value is -1.35. The number of benzene rings is 1. The van der Waals surface area contributed by atoms with Gasteiger partial charge in [0.15, 0.2) is 4.34 Å². The molecule has 0 unspecified atom stereocenters. The lowest BCUT2D eigenvalue weighted by atomic mass is 9.89. The summed E-state index contributed by atoms with van der Waals surface area (Å²) in [5, 5.41) is 14.9. The first kappa shape index (κ1) is 20.4. The van der Waals surface area contributed by atoms with Gasteiger partial charge in [0.25, 0.3) is 0 Å². The second kappa shape index (κ2) is 9.73. The van der Waals surface area contributed by atoms with Crippen LogP contribution in [0.1, 0.15) is 32.1 Å². The molecule has 0 aliphatic heterocycles. The lowest BCUT2D eigenvalue weighted by Crippen LogP contribution is -2.24. The molecule has 2 amide bonds. The first-order valence-electron chi connectivity index (χ1n) is 8.53. The minimum Gasteiger partial charge on any atom is -0.325 e. The Balaban J connectivity index is 1.46. The van der Waals surface area contributed by atoms with Crippen molar-refractivity contribution in [3.8, 4) is 0 Å². The van der Waals surface area contributed by atoms with E-state index in [1.807, 2.05) is 0 Å². The fraction of sp³-hybridized carbons (Fsp3) is 0.412. The minimum absolute atomic E-state index is 0.0137. The van der Waals surface area contributed by atoms with Crippen molar-refractivity contribution >= 4 is 68.9 Å². The second-order valence-electron chi connectivity index (χ2n) is 6.16. The number of nitrogens with zero attached hydrogens (tertiary/aromatic N) is 2. The summed E-state index contributed by atoms with van der Waals surface area (Å²) in [6.07, 6.45) is 5.27. The zero-order chi connectivity index (χ0) is 19.2. The number of carbonyl (C=O) groups excluding carboxylic acids is 2. The zero-order valence-electron chi connectivity index (χ0n) is 14.3. The lowest BCUT2D eigenvalue weighted by molar-refractivity contribution is -0.120. The van der Waals surface area contributed by atoms with E-state index in [9.17, 15) is 9.59 Å². The first-order chi connectivity index (χ1) is 13.0. The Kier molecular flexibility index (Phi) is 7.34. The summed E-state index contributed by atoms with van der Waals surface area (Å²) in [5.41, 5.74) is 0.577. The van der Waals surface area contributed by atoms with Crippen LogP contribution in [0.25, 0.3) is 0 Å². The lowest BCUT2D eigenvalue weighted by Gasteiger charge is -2.19. The van der Waals surface area contributed by atoms with Crippen molar-refractivity contribution in [2.75, 3.05) is 16.4 Å². The van der Waals surface area contributed by atoms with Gasteiger partial charge in [0, 0.05) is 11.6 Å². The highest BCUT2D eigenvalue weighted by Gasteiger charge is 2.22. The van der Waals surface area contributed by atoms with Crippen molar-refractivity contribution < 1.29 is 9.59 Å². The van der Waals surface area contributed by atoms with Crippen LogP contribution < -0.4 is 10.6 Å². The molecular weight excluding hydrogens is 427 g/mol. The number of anilines is 2. The number of hydrogen-bond donors (Lipinski definition) is 2. The third-order valence-electron chi connectivity index (χ3n) is 4.14. The second-order valence-corrected chi connectivity index (χ2v) is 9.18. The van der Waals surface area contributed by atoms with E-state index in [-0.39, 0.29) is 23.5 Å². The van der Waals surface area contributed by atoms with E-state index in [0.717, 1.165) is 25.7 Å². The molecule has 1 saturated carbocycles. The summed E-state index contributed by atoms with van der Waals surface area (Å²) < 4.78 is 0.623. The van der Waals surface area contributed by atoms with Gasteiger partial charge >= 0.3 is 0 Å². The van der Waals surface area contributed by atoms with E-state index in [4.69, 9.17) is 23.2 Å². The van der Waals surface area contributed by atoms with Gasteiger partial charge in [0.2, 0.25) is 16.9 Å². The molecule has 1 fully saturated rings. The van der Waals surface area contributed by atoms with E-state index in [2.05, 4.69) is 20.8 Å². The Morgan fingerprint density at radius 3 is 2.63 bits per heavy atom. The number of aromatic nitrogens is 2. The van der Waals surface area contributed by atoms with Gasteiger partial charge in [-0.2, -0.15) is 0 Å². The summed E-state index contributed by atoms with van der Waals surface area (Å²) in [4.78, 5) is 24.3. The van der Waals surface area contributed by atoms with E-state index < -0.39 is 0 Å². The topological polar surface area (TPSA) is 84.0 Å². The summed E-state index contributed by atoms with van der Waals surface area (Å²) in [7, 11) is 0. The number of halogens is 2. The molecule has 6 nitrogen and oxygen atoms in total. The van der Waals surface area contributed by atoms with Crippen LogP contribution in [0.15, 0.2) is 22.5 Å². The molecule has 0 saturated heterocycles. The smallest absolute Gasteiger partial charge is 0.234 e. The van der Waals surface area contributed by atoms with Crippen LogP contribution >= 0.6 is 46.3 Å². The molecule has 0 spiro atoms. The first-order valence-corrected chi connectivity index (χ1v) is 11.1. The molecule has 1 aliphatic carbocycles. The van der Waals surface area contributed by atoms with Crippen molar-refractivity contribution in [2.24, 2.45) is 5.92 Å². The zero-order valence-corrected chi connectivity index (χ0v) is 17.5. The molecule has 2 N–H and O–H groups in total. The molecule has 3 rings (SSSR count). The Morgan fingerprint density at radius 2 is 1.89 bits per heavy atom. The molecule has 2 aromatic rings. The molecule has 0 radical (unpaired) electrons. The van der Waals surface area contributed by atoms with Gasteiger partial charge in [0.05, 0.1) is 15.8 Å². The number of hydrogen-bond acceptors (Lipinski definition) is 6. The number of nitrogens with one attached hydrogen (secondary N) is 2. The molecule has 144 valence electrons. The molecule has 0 atom stereocenters. The molecule has 0 bridgehead atoms. The fourth-order valence-electron chi connectivity index (χ4n) is 2.79. The van der Waals surface area contributed by atoms with Crippen molar-refractivity contribution in [1.29, 1.82) is 0 Å². The average Bonchev–Trinajstić information content (AvgIpc) is 3.11. The normalized spacial score (nSPS) is 14.7. The van der Waals surface area contributed by atoms with Crippen molar-refractivity contribution in [3.63, 3.8) is 0 Å². The van der Waals surface area contributed by atoms with E-state index in [1.54, 1.807) is 18.2 Å². The van der Waals surface area contributed by atoms with Gasteiger partial charge in [-0.15, -0.1) is 10.2 Å². The van der Waals surface area contributed by atoms with Gasteiger partial charge in [-0.25, -0.2) is 0 Å². The number of thioether (sulfide) groups is 1. The highest BCUT2D eigenvalue weighted by atomic mass is 35.5. The number of amides is 2. The van der Waals surface area contributed by atoms with Gasteiger partial charge in [-0.05, 0) is 31.0 Å². The van der Waals surface area contributed by atoms with Crippen LogP contribution in [0.2, 0.25) is 10.0 Å². The SMILES string of the molecule is O=C(CSc1nnc(NC(=O)C2CCCCC2)s1)Nc1ccc(Cl)c(Cl)c1. The average molecular weight is 445 g/mol. The van der Waals surface area contributed by atoms with E-state index in [0.29, 0.717) is 25.2 Å². The Morgan fingerprint density at radius 1 is 1.11 bits per heavy atom. The summed E-state index contributed by atoms with van der Waals surface area (Å²) in [6, 6.07) is 4.90. The highest BCUT2D eigenvalue weighted by Crippen LogP contribution is 2.29. The molecule has 10 heteroatoms. The standard InChI is InChI=1S/C17H18Cl2N4O2S2/c18-12-7-6-11(8-13(12)19)20-14(24)9-26-17-23-22-16(27-17)21-15(25)10-4-2-1-3-5-10/h6-8,10H,1-5,9H2,(H,20,24)(H,21,22,25). The predicted molar refractivity (Wildman–Crippen MR) is 111 cm³/mol. The Bertz CT molecular complexity index is 825. The van der Waals surface area contributed by atoms with Crippen molar-refractivity contribution in [3.05, 3.63) is 28.2 Å². The quantitative estimate of drug-likeness (QED) is 0.478. The maximum atomic E-state index is 12.2. The molecule has 1 aliphatic rings. The van der Waals surface area contributed by atoms with Crippen LogP contribution in [0, 0.1) is 5.92 Å². The maximum absolute atomic E-state index is 12.2. The monoisotopic (exact) mass is 444 g/mol. The summed E-state index contributed by atoms with van der Waals surface area (Å²) in [6.45, 7) is 0. The van der Waals surface area contributed by atoms with Gasteiger partial charge < -0.3 is 10.6 Å². The van der Waals surface area contributed by atoms with E-state index in [1.165, 1.54) is 29.5 Å². The van der Waals surface area contributed by atoms with Crippen molar-refractivity contribution in [2.45, 2.75) is 36.4 Å². The molecule has 27 heavy (non-hydrogen) atoms. The molecule has 1 aromatic heterocycles. The van der Waals surface area contributed by atoms with Crippen LogP contribution in [0.5, 0.6) is 0 Å². The fourth-order valence-corrected chi connectivity index (χ4v) is 4.64. The largest absolute Gasteiger partial charge is 0.325 e. The maximum Gasteiger partial charge on any atom is 0.234 e. The van der Waals surface area contributed by atoms with Gasteiger partial charge in [-0.3, -0.25) is 9.59 Å². The third-order valence-corrected chi connectivity index (χ3v) is 6.85. The number of carbonyl (C=O) groups is 2. The number of rotatable bonds is 6. The molecule has 1 heterocycles. The summed E-state index contributed by atoms with van der Waals surface area (Å²) >= 11 is 14.3. The van der Waals surface area contributed by atoms with Gasteiger partial charge in [-0.1, -0.05) is 65.6 Å². The molecule has 1 aromatic carbocycles. The molecular formula is C17H18Cl2N4O2S2. The van der Waals surface area contributed by atoms with Crippen molar-refractivity contribution in [1.82, 2.24) is 10.2 Å². The van der Waals surface area contributed by atoms with Crippen LogP contribution in [-0.4, -0.2) is 27.8 Å². The predicted octanol–water partition coefficient (Wildman–Crippen LogP) is 5.09. The summed E-state index contributed by atoms with van der Waals surface area (Å²) in [5.74, 6) is 0.0581. The van der Waals surface area contributed by atoms with Crippen LogP contribution in [0.4, 0.5) is 10.8 Å². The minimum atomic E-state index is -0.193.